The number of hydrazone groups is 1. The van der Waals surface area contributed by atoms with Crippen molar-refractivity contribution >= 4 is 5.84 Å². The summed E-state index contributed by atoms with van der Waals surface area (Å²) in [6.07, 6.45) is 0.754. The highest BCUT2D eigenvalue weighted by Gasteiger charge is 2.16. The van der Waals surface area contributed by atoms with E-state index >= 15 is 0 Å². The van der Waals surface area contributed by atoms with Crippen LogP contribution in [0.4, 0.5) is 0 Å². The summed E-state index contributed by atoms with van der Waals surface area (Å²) in [4.78, 5) is 0. The molecule has 0 aliphatic heterocycles. The highest BCUT2D eigenvalue weighted by Crippen LogP contribution is 2.00. The minimum Gasteiger partial charge on any atom is -0.314 e. The van der Waals surface area contributed by atoms with Crippen molar-refractivity contribution in [3.63, 3.8) is 0 Å². The third-order valence-electron chi connectivity index (χ3n) is 1.93. The number of nitrogens with two attached hydrogens (primary N) is 2. The number of quaternary nitrogens is 1. The highest BCUT2D eigenvalue weighted by molar-refractivity contribution is 5.71. The monoisotopic (exact) mass is 180 g/mol. The Hall–Kier alpha value is -1.39. The molecule has 0 saturated carbocycles. The average Bonchev–Trinajstić information content (AvgIpc) is 2.18. The van der Waals surface area contributed by atoms with Gasteiger partial charge in [0.1, 0.15) is 0 Å². The van der Waals surface area contributed by atoms with E-state index in [9.17, 15) is 0 Å². The van der Waals surface area contributed by atoms with Gasteiger partial charge in [-0.3, -0.25) is 5.73 Å². The van der Waals surface area contributed by atoms with E-state index in [0.717, 1.165) is 6.42 Å². The second kappa shape index (κ2) is 4.59. The molecule has 0 bridgehead atoms. The molecule has 1 rings (SSSR count). The van der Waals surface area contributed by atoms with Crippen molar-refractivity contribution in [3.05, 3.63) is 35.9 Å². The lowest BCUT2D eigenvalue weighted by Gasteiger charge is -2.03. The van der Waals surface area contributed by atoms with E-state index in [1.165, 1.54) is 5.56 Å². The normalized spacial score (nSPS) is 14.2. The number of hydrogen-bond donors (Lipinski definition) is 4. The molecule has 0 aliphatic rings. The second-order valence-electron chi connectivity index (χ2n) is 2.97. The van der Waals surface area contributed by atoms with E-state index in [-0.39, 0.29) is 6.04 Å². The van der Waals surface area contributed by atoms with Gasteiger partial charge in [0.2, 0.25) is 0 Å². The van der Waals surface area contributed by atoms with Gasteiger partial charge < -0.3 is 5.73 Å². The van der Waals surface area contributed by atoms with Crippen LogP contribution in [0.2, 0.25) is 0 Å². The first kappa shape index (κ1) is 9.70. The molecule has 4 heteroatoms. The van der Waals surface area contributed by atoms with Crippen LogP contribution in [-0.4, -0.2) is 11.9 Å². The van der Waals surface area contributed by atoms with Gasteiger partial charge in [0.15, 0.2) is 6.04 Å². The number of amidine groups is 1. The molecular formula is C9H16N4+2. The SMILES string of the molecule is N/[NH+]=C(\[NH3+])[C@@H](N)Cc1ccccc1. The zero-order valence-corrected chi connectivity index (χ0v) is 7.53. The predicted molar refractivity (Wildman–Crippen MR) is 51.2 cm³/mol. The molecule has 0 amide bonds. The van der Waals surface area contributed by atoms with Gasteiger partial charge >= 0.3 is 5.84 Å². The molecule has 0 fully saturated rings. The summed E-state index contributed by atoms with van der Waals surface area (Å²) >= 11 is 0. The van der Waals surface area contributed by atoms with Gasteiger partial charge in [0.05, 0.1) is 0 Å². The van der Waals surface area contributed by atoms with Crippen molar-refractivity contribution in [2.24, 2.45) is 11.6 Å². The first-order chi connectivity index (χ1) is 6.24. The zero-order chi connectivity index (χ0) is 9.68. The van der Waals surface area contributed by atoms with Crippen molar-refractivity contribution < 1.29 is 10.8 Å². The van der Waals surface area contributed by atoms with Gasteiger partial charge in [-0.15, -0.1) is 0 Å². The quantitative estimate of drug-likeness (QED) is 0.174. The van der Waals surface area contributed by atoms with E-state index in [1.807, 2.05) is 30.3 Å². The Kier molecular flexibility index (Phi) is 3.42. The summed E-state index contributed by atoms with van der Waals surface area (Å²) in [6.45, 7) is 0. The Bertz CT molecular complexity index is 281. The van der Waals surface area contributed by atoms with Crippen LogP contribution >= 0.6 is 0 Å². The molecule has 1 atom stereocenters. The van der Waals surface area contributed by atoms with Gasteiger partial charge in [-0.1, -0.05) is 35.4 Å². The second-order valence-corrected chi connectivity index (χ2v) is 2.97. The molecule has 0 aliphatic carbocycles. The minimum atomic E-state index is -0.132. The van der Waals surface area contributed by atoms with Crippen LogP contribution < -0.4 is 22.4 Å². The van der Waals surface area contributed by atoms with Gasteiger partial charge in [-0.2, -0.15) is 0 Å². The van der Waals surface area contributed by atoms with Crippen molar-refractivity contribution in [1.82, 2.24) is 0 Å². The molecule has 0 aromatic heterocycles. The maximum Gasteiger partial charge on any atom is 0.376 e. The topological polar surface area (TPSA) is 93.6 Å². The zero-order valence-electron chi connectivity index (χ0n) is 7.53. The molecule has 1 aromatic rings. The summed E-state index contributed by atoms with van der Waals surface area (Å²) in [5.74, 6) is 5.85. The summed E-state index contributed by atoms with van der Waals surface area (Å²) < 4.78 is 0. The molecular weight excluding hydrogens is 164 g/mol. The van der Waals surface area contributed by atoms with Crippen molar-refractivity contribution in [2.75, 3.05) is 0 Å². The number of nitrogens with one attached hydrogen (secondary N) is 1. The highest BCUT2D eigenvalue weighted by atomic mass is 15.2. The van der Waals surface area contributed by atoms with Crippen molar-refractivity contribution in [3.8, 4) is 0 Å². The van der Waals surface area contributed by atoms with Crippen LogP contribution in [0.15, 0.2) is 30.3 Å². The molecule has 0 saturated heterocycles. The molecule has 0 unspecified atom stereocenters. The number of rotatable bonds is 3. The summed E-state index contributed by atoms with van der Waals surface area (Å²) in [5, 5.41) is 2.47. The van der Waals surface area contributed by atoms with Crippen LogP contribution in [0, 0.1) is 0 Å². The molecule has 13 heavy (non-hydrogen) atoms. The fourth-order valence-electron chi connectivity index (χ4n) is 1.10. The van der Waals surface area contributed by atoms with Crippen molar-refractivity contribution in [1.29, 1.82) is 0 Å². The Morgan fingerprint density at radius 1 is 1.38 bits per heavy atom. The predicted octanol–water partition coefficient (Wildman–Crippen LogP) is -2.85. The van der Waals surface area contributed by atoms with E-state index in [1.54, 1.807) is 0 Å². The fourth-order valence-corrected chi connectivity index (χ4v) is 1.10. The standard InChI is InChI=1S/C9H14N4/c10-8(9(11)13-12)6-7-4-2-1-3-5-7/h1-5,8H,6,10,12H2,(H2,11,13)/p+2/t8-/m0/s1. The summed E-state index contributed by atoms with van der Waals surface area (Å²) in [6, 6.07) is 9.88. The molecule has 0 heterocycles. The van der Waals surface area contributed by atoms with Crippen LogP contribution in [0.25, 0.3) is 0 Å². The third kappa shape index (κ3) is 2.85. The van der Waals surface area contributed by atoms with Gasteiger partial charge in [0.25, 0.3) is 0 Å². The lowest BCUT2D eigenvalue weighted by Crippen LogP contribution is -2.93. The molecule has 70 valence electrons. The smallest absolute Gasteiger partial charge is 0.314 e. The first-order valence-corrected chi connectivity index (χ1v) is 4.19. The maximum atomic E-state index is 5.82. The first-order valence-electron chi connectivity index (χ1n) is 4.19. The fraction of sp³-hybridized carbons (Fsp3) is 0.222. The molecule has 0 radical (unpaired) electrons. The van der Waals surface area contributed by atoms with Gasteiger partial charge in [-0.05, 0) is 5.56 Å². The Balaban J connectivity index is 2.60. The molecule has 1 aromatic carbocycles. The lowest BCUT2D eigenvalue weighted by atomic mass is 10.1. The summed E-state index contributed by atoms with van der Waals surface area (Å²) in [7, 11) is 0. The van der Waals surface area contributed by atoms with E-state index in [2.05, 4.69) is 10.8 Å². The van der Waals surface area contributed by atoms with E-state index in [4.69, 9.17) is 11.6 Å². The molecule has 0 spiro atoms. The van der Waals surface area contributed by atoms with Crippen molar-refractivity contribution in [2.45, 2.75) is 12.5 Å². The lowest BCUT2D eigenvalue weighted by molar-refractivity contribution is -0.516. The van der Waals surface area contributed by atoms with Gasteiger partial charge in [-0.25, -0.2) is 5.84 Å². The Morgan fingerprint density at radius 3 is 2.54 bits per heavy atom. The number of benzene rings is 1. The van der Waals surface area contributed by atoms with E-state index in [0.29, 0.717) is 5.84 Å². The summed E-state index contributed by atoms with van der Waals surface area (Å²) in [5.41, 5.74) is 10.7. The number of hydrazine groups is 1. The minimum absolute atomic E-state index is 0.132. The van der Waals surface area contributed by atoms with Crippen LogP contribution in [0.3, 0.4) is 0 Å². The van der Waals surface area contributed by atoms with Crippen LogP contribution in [0.5, 0.6) is 0 Å². The number of hydrogen-bond acceptors (Lipinski definition) is 2. The Labute approximate surface area is 77.4 Å². The van der Waals surface area contributed by atoms with Crippen LogP contribution in [0.1, 0.15) is 5.56 Å². The molecule has 4 nitrogen and oxygen atoms in total. The third-order valence-corrected chi connectivity index (χ3v) is 1.93. The molecule has 8 N–H and O–H groups in total. The average molecular weight is 180 g/mol. The van der Waals surface area contributed by atoms with E-state index < -0.39 is 0 Å². The maximum absolute atomic E-state index is 5.82. The van der Waals surface area contributed by atoms with Crippen LogP contribution in [-0.2, 0) is 6.42 Å². The van der Waals surface area contributed by atoms with Gasteiger partial charge in [0, 0.05) is 6.42 Å². The largest absolute Gasteiger partial charge is 0.376 e. The Morgan fingerprint density at radius 2 is 2.00 bits per heavy atom.